The number of likely N-dealkylation sites (tertiary alicyclic amines) is 1. The largest absolute Gasteiger partial charge is 0.359 e. The minimum atomic E-state index is 0.124. The van der Waals surface area contributed by atoms with E-state index in [0.29, 0.717) is 19.6 Å². The molecule has 1 aliphatic heterocycles. The van der Waals surface area contributed by atoms with E-state index < -0.39 is 0 Å². The maximum Gasteiger partial charge on any atom is 0.222 e. The van der Waals surface area contributed by atoms with E-state index in [-0.39, 0.29) is 31.6 Å². The van der Waals surface area contributed by atoms with Crippen molar-refractivity contribution in [2.45, 2.75) is 38.3 Å². The van der Waals surface area contributed by atoms with Crippen molar-refractivity contribution < 1.29 is 23.7 Å². The number of methoxy groups -OCH3 is 2. The van der Waals surface area contributed by atoms with E-state index in [1.54, 1.807) is 14.2 Å². The van der Waals surface area contributed by atoms with Crippen molar-refractivity contribution in [3.63, 3.8) is 0 Å². The number of hydrogen-bond acceptors (Lipinski definition) is 5. The van der Waals surface area contributed by atoms with E-state index in [2.05, 4.69) is 0 Å². The van der Waals surface area contributed by atoms with Gasteiger partial charge in [-0.15, -0.1) is 0 Å². The summed E-state index contributed by atoms with van der Waals surface area (Å²) in [6, 6.07) is 0.248. The highest BCUT2D eigenvalue weighted by Gasteiger charge is 2.36. The van der Waals surface area contributed by atoms with Crippen LogP contribution in [0.25, 0.3) is 0 Å². The molecule has 0 aromatic carbocycles. The molecule has 1 heterocycles. The Kier molecular flexibility index (Phi) is 7.97. The molecule has 0 spiro atoms. The van der Waals surface area contributed by atoms with Crippen LogP contribution in [0.3, 0.4) is 0 Å². The lowest BCUT2D eigenvalue weighted by Crippen LogP contribution is -2.45. The molecule has 0 aromatic heterocycles. The molecule has 19 heavy (non-hydrogen) atoms. The minimum Gasteiger partial charge on any atom is -0.359 e. The fourth-order valence-corrected chi connectivity index (χ4v) is 2.41. The average molecular weight is 275 g/mol. The van der Waals surface area contributed by atoms with E-state index in [0.717, 1.165) is 12.8 Å². The zero-order valence-electron chi connectivity index (χ0n) is 12.1. The van der Waals surface area contributed by atoms with Gasteiger partial charge in [0, 0.05) is 20.6 Å². The number of carbonyl (C=O) groups is 1. The number of rotatable bonds is 9. The Bertz CT molecular complexity index is 243. The van der Waals surface area contributed by atoms with Gasteiger partial charge in [-0.05, 0) is 12.8 Å². The molecule has 1 aliphatic rings. The Balaban J connectivity index is 2.49. The van der Waals surface area contributed by atoms with Gasteiger partial charge in [-0.1, -0.05) is 6.92 Å². The lowest BCUT2D eigenvalue weighted by molar-refractivity contribution is -0.139. The third-order valence-electron chi connectivity index (χ3n) is 3.23. The maximum absolute atomic E-state index is 12.1. The Morgan fingerprint density at radius 1 is 1.05 bits per heavy atom. The molecule has 0 radical (unpaired) electrons. The van der Waals surface area contributed by atoms with Crippen LogP contribution in [0.1, 0.15) is 26.2 Å². The van der Waals surface area contributed by atoms with Crippen molar-refractivity contribution in [1.29, 1.82) is 0 Å². The molecule has 1 rings (SSSR count). The lowest BCUT2D eigenvalue weighted by Gasteiger charge is -2.30. The van der Waals surface area contributed by atoms with Crippen molar-refractivity contribution in [3.8, 4) is 0 Å². The van der Waals surface area contributed by atoms with Crippen molar-refractivity contribution in [1.82, 2.24) is 4.90 Å². The highest BCUT2D eigenvalue weighted by atomic mass is 16.7. The van der Waals surface area contributed by atoms with E-state index >= 15 is 0 Å². The molecule has 0 bridgehead atoms. The van der Waals surface area contributed by atoms with Crippen LogP contribution >= 0.6 is 0 Å². The molecular weight excluding hydrogens is 250 g/mol. The highest BCUT2D eigenvalue weighted by Crippen LogP contribution is 2.25. The first-order chi connectivity index (χ1) is 9.24. The predicted molar refractivity (Wildman–Crippen MR) is 69.6 cm³/mol. The number of ether oxygens (including phenoxy) is 4. The molecule has 1 unspecified atom stereocenters. The van der Waals surface area contributed by atoms with Gasteiger partial charge in [0.1, 0.15) is 13.6 Å². The summed E-state index contributed by atoms with van der Waals surface area (Å²) in [5.74, 6) is 0.148. The van der Waals surface area contributed by atoms with Crippen LogP contribution in [0.4, 0.5) is 0 Å². The zero-order valence-corrected chi connectivity index (χ0v) is 12.1. The molecule has 0 aromatic rings. The standard InChI is InChI=1S/C13H25NO5/c1-4-13(15)14-11(7-18-9-16-2)5-6-12(14)8-19-10-17-3/h11-12H,4-10H2,1-3H3/t11-,12?/m0/s1. The van der Waals surface area contributed by atoms with Gasteiger partial charge in [-0.25, -0.2) is 0 Å². The summed E-state index contributed by atoms with van der Waals surface area (Å²) in [6.45, 7) is 3.42. The number of hydrogen-bond donors (Lipinski definition) is 0. The maximum atomic E-state index is 12.1. The molecule has 1 fully saturated rings. The normalized spacial score (nSPS) is 23.0. The van der Waals surface area contributed by atoms with Crippen LogP contribution in [0, 0.1) is 0 Å². The topological polar surface area (TPSA) is 57.2 Å². The Morgan fingerprint density at radius 2 is 1.53 bits per heavy atom. The summed E-state index contributed by atoms with van der Waals surface area (Å²) in [6.07, 6.45) is 2.38. The van der Waals surface area contributed by atoms with Gasteiger partial charge in [-0.3, -0.25) is 4.79 Å². The Labute approximate surface area is 114 Å². The van der Waals surface area contributed by atoms with Gasteiger partial charge >= 0.3 is 0 Å². The van der Waals surface area contributed by atoms with E-state index in [4.69, 9.17) is 18.9 Å². The fourth-order valence-electron chi connectivity index (χ4n) is 2.41. The quantitative estimate of drug-likeness (QED) is 0.464. The third kappa shape index (κ3) is 5.06. The molecule has 6 heteroatoms. The van der Waals surface area contributed by atoms with Crippen molar-refractivity contribution in [2.24, 2.45) is 0 Å². The molecule has 2 atom stereocenters. The first-order valence-electron chi connectivity index (χ1n) is 6.69. The van der Waals surface area contributed by atoms with Crippen molar-refractivity contribution in [3.05, 3.63) is 0 Å². The first kappa shape index (κ1) is 16.4. The molecule has 0 N–H and O–H groups in total. The van der Waals surface area contributed by atoms with E-state index in [1.807, 2.05) is 11.8 Å². The Hall–Kier alpha value is -0.690. The minimum absolute atomic E-state index is 0.124. The predicted octanol–water partition coefficient (Wildman–Crippen LogP) is 0.997. The van der Waals surface area contributed by atoms with Crippen LogP contribution in [0.5, 0.6) is 0 Å². The summed E-state index contributed by atoms with van der Waals surface area (Å²) in [4.78, 5) is 14.0. The van der Waals surface area contributed by atoms with Crippen LogP contribution in [0.2, 0.25) is 0 Å². The summed E-state index contributed by atoms with van der Waals surface area (Å²) in [7, 11) is 3.18. The molecule has 0 aliphatic carbocycles. The zero-order chi connectivity index (χ0) is 14.1. The van der Waals surface area contributed by atoms with Gasteiger partial charge in [0.05, 0.1) is 25.3 Å². The van der Waals surface area contributed by atoms with Crippen molar-refractivity contribution in [2.75, 3.05) is 41.0 Å². The summed E-state index contributed by atoms with van der Waals surface area (Å²) in [5.41, 5.74) is 0. The van der Waals surface area contributed by atoms with Crippen LogP contribution < -0.4 is 0 Å². The van der Waals surface area contributed by atoms with Gasteiger partial charge in [0.15, 0.2) is 0 Å². The average Bonchev–Trinajstić information content (AvgIpc) is 2.82. The third-order valence-corrected chi connectivity index (χ3v) is 3.23. The van der Waals surface area contributed by atoms with Crippen LogP contribution in [0.15, 0.2) is 0 Å². The number of nitrogens with zero attached hydrogens (tertiary/aromatic N) is 1. The van der Waals surface area contributed by atoms with E-state index in [9.17, 15) is 4.79 Å². The second kappa shape index (κ2) is 9.25. The molecular formula is C13H25NO5. The van der Waals surface area contributed by atoms with Crippen LogP contribution in [-0.4, -0.2) is 63.9 Å². The lowest BCUT2D eigenvalue weighted by atomic mass is 10.2. The van der Waals surface area contributed by atoms with Gasteiger partial charge in [0.2, 0.25) is 5.91 Å². The SMILES string of the molecule is CCC(=O)N1C(COCOC)CC[C@H]1COCOC. The smallest absolute Gasteiger partial charge is 0.222 e. The fraction of sp³-hybridized carbons (Fsp3) is 0.923. The first-order valence-corrected chi connectivity index (χ1v) is 6.69. The molecule has 1 amide bonds. The summed E-state index contributed by atoms with van der Waals surface area (Å²) in [5, 5.41) is 0. The monoisotopic (exact) mass is 275 g/mol. The van der Waals surface area contributed by atoms with Crippen LogP contribution in [-0.2, 0) is 23.7 Å². The second-order valence-corrected chi connectivity index (χ2v) is 4.59. The molecule has 112 valence electrons. The van der Waals surface area contributed by atoms with Gasteiger partial charge in [-0.2, -0.15) is 0 Å². The van der Waals surface area contributed by atoms with Gasteiger partial charge < -0.3 is 23.8 Å². The molecule has 6 nitrogen and oxygen atoms in total. The van der Waals surface area contributed by atoms with E-state index in [1.165, 1.54) is 0 Å². The number of amides is 1. The molecule has 1 saturated heterocycles. The Morgan fingerprint density at radius 3 is 1.89 bits per heavy atom. The molecule has 0 saturated carbocycles. The highest BCUT2D eigenvalue weighted by molar-refractivity contribution is 5.77. The summed E-state index contributed by atoms with van der Waals surface area (Å²) < 4.78 is 20.5. The van der Waals surface area contributed by atoms with Crippen molar-refractivity contribution >= 4 is 5.91 Å². The number of carbonyl (C=O) groups excluding carboxylic acids is 1. The summed E-state index contributed by atoms with van der Waals surface area (Å²) >= 11 is 0. The second-order valence-electron chi connectivity index (χ2n) is 4.59. The van der Waals surface area contributed by atoms with Gasteiger partial charge in [0.25, 0.3) is 0 Å².